The normalized spacial score (nSPS) is 14.0. The molecule has 0 unspecified atom stereocenters. The fourth-order valence-corrected chi connectivity index (χ4v) is 5.69. The van der Waals surface area contributed by atoms with Crippen LogP contribution in [0.2, 0.25) is 0 Å². The third kappa shape index (κ3) is 4.38. The Morgan fingerprint density at radius 1 is 1.25 bits per heavy atom. The maximum absolute atomic E-state index is 10.9. The van der Waals surface area contributed by atoms with E-state index >= 15 is 0 Å². The first-order valence-electron chi connectivity index (χ1n) is 10.8. The van der Waals surface area contributed by atoms with Crippen LogP contribution in [0.15, 0.2) is 17.5 Å². The van der Waals surface area contributed by atoms with E-state index in [0.29, 0.717) is 29.7 Å². The van der Waals surface area contributed by atoms with Gasteiger partial charge in [-0.1, -0.05) is 6.42 Å². The van der Waals surface area contributed by atoms with Crippen molar-refractivity contribution in [1.29, 1.82) is 0 Å². The van der Waals surface area contributed by atoms with Crippen molar-refractivity contribution in [3.8, 4) is 28.6 Å². The van der Waals surface area contributed by atoms with Crippen molar-refractivity contribution >= 4 is 33.6 Å². The first-order chi connectivity index (χ1) is 15.6. The molecule has 1 saturated carbocycles. The number of nitrogens with zero attached hydrogens (tertiary/aromatic N) is 3. The maximum atomic E-state index is 10.9. The molecule has 1 aromatic carbocycles. The molecule has 0 bridgehead atoms. The molecule has 4 rings (SSSR count). The monoisotopic (exact) mass is 477 g/mol. The molecule has 1 aliphatic rings. The number of thiazole rings is 1. The number of ether oxygens (including phenoxy) is 3. The molecule has 1 N–H and O–H groups in total. The smallest absolute Gasteiger partial charge is 0.258 e. The maximum Gasteiger partial charge on any atom is 0.258 e. The van der Waals surface area contributed by atoms with E-state index in [1.165, 1.54) is 19.3 Å². The first kappa shape index (κ1) is 23.1. The van der Waals surface area contributed by atoms with E-state index in [2.05, 4.69) is 4.90 Å². The number of anilines is 1. The largest absolute Gasteiger partial charge is 0.507 e. The number of aromatic nitrogens is 2. The second-order valence-corrected chi connectivity index (χ2v) is 9.78. The lowest BCUT2D eigenvalue weighted by molar-refractivity contribution is 0.201. The molecule has 7 nitrogen and oxygen atoms in total. The van der Waals surface area contributed by atoms with Crippen molar-refractivity contribution in [1.82, 2.24) is 9.61 Å². The van der Waals surface area contributed by atoms with Gasteiger partial charge in [-0.15, -0.1) is 16.4 Å². The van der Waals surface area contributed by atoms with Crippen LogP contribution < -0.4 is 14.4 Å². The van der Waals surface area contributed by atoms with Gasteiger partial charge in [-0.05, 0) is 42.7 Å². The van der Waals surface area contributed by atoms with Gasteiger partial charge in [0.2, 0.25) is 0 Å². The zero-order valence-electron chi connectivity index (χ0n) is 19.1. The quantitative estimate of drug-likeness (QED) is 0.421. The zero-order valence-corrected chi connectivity index (χ0v) is 20.7. The number of fused-ring (bicyclic) bond motifs is 1. The minimum Gasteiger partial charge on any atom is -0.507 e. The molecule has 0 radical (unpaired) electrons. The highest BCUT2D eigenvalue weighted by atomic mass is 32.2. The van der Waals surface area contributed by atoms with Crippen LogP contribution in [0.4, 0.5) is 5.69 Å². The van der Waals surface area contributed by atoms with E-state index in [-0.39, 0.29) is 5.75 Å². The molecule has 32 heavy (non-hydrogen) atoms. The van der Waals surface area contributed by atoms with E-state index < -0.39 is 0 Å². The summed E-state index contributed by atoms with van der Waals surface area (Å²) in [6, 6.07) is 3.79. The van der Waals surface area contributed by atoms with Gasteiger partial charge in [-0.3, -0.25) is 0 Å². The third-order valence-electron chi connectivity index (χ3n) is 6.01. The van der Waals surface area contributed by atoms with E-state index in [1.807, 2.05) is 22.2 Å². The van der Waals surface area contributed by atoms with Crippen molar-refractivity contribution in [2.75, 3.05) is 52.2 Å². The lowest BCUT2D eigenvalue weighted by Crippen LogP contribution is -2.35. The number of phenolic OH excluding ortho intramolecular Hbond substituents is 1. The van der Waals surface area contributed by atoms with Crippen LogP contribution in [-0.2, 0) is 10.5 Å². The van der Waals surface area contributed by atoms with Crippen molar-refractivity contribution in [2.24, 2.45) is 5.92 Å². The van der Waals surface area contributed by atoms with Gasteiger partial charge in [-0.2, -0.15) is 11.8 Å². The number of hydrogen-bond acceptors (Lipinski definition) is 8. The third-order valence-corrected chi connectivity index (χ3v) is 7.56. The molecule has 1 fully saturated rings. The van der Waals surface area contributed by atoms with Gasteiger partial charge >= 0.3 is 0 Å². The van der Waals surface area contributed by atoms with Crippen molar-refractivity contribution in [3.05, 3.63) is 23.1 Å². The van der Waals surface area contributed by atoms with Crippen LogP contribution in [0.25, 0.3) is 16.1 Å². The highest BCUT2D eigenvalue weighted by molar-refractivity contribution is 7.97. The van der Waals surface area contributed by atoms with Crippen LogP contribution >= 0.6 is 23.1 Å². The van der Waals surface area contributed by atoms with Crippen molar-refractivity contribution < 1.29 is 19.3 Å². The minimum atomic E-state index is 0.190. The van der Waals surface area contributed by atoms with Gasteiger partial charge in [0.25, 0.3) is 5.88 Å². The average Bonchev–Trinajstić information content (AvgIpc) is 3.31. The summed E-state index contributed by atoms with van der Waals surface area (Å²) in [6.45, 7) is 2.37. The number of hydrogen-bond donors (Lipinski definition) is 1. The summed E-state index contributed by atoms with van der Waals surface area (Å²) in [5, 5.41) is 17.7. The molecular formula is C23H31N3O4S2. The molecule has 0 amide bonds. The van der Waals surface area contributed by atoms with E-state index in [0.717, 1.165) is 40.6 Å². The summed E-state index contributed by atoms with van der Waals surface area (Å²) >= 11 is 3.30. The lowest BCUT2D eigenvalue weighted by Gasteiger charge is -2.33. The Kier molecular flexibility index (Phi) is 7.37. The SMILES string of the molecule is COCCN(CC1CCC1)c1c(OC)nn2c(-c3c(O)cc(CSC)cc3OC)csc12. The van der Waals surface area contributed by atoms with Gasteiger partial charge in [0.05, 0.1) is 32.1 Å². The Morgan fingerprint density at radius 3 is 2.69 bits per heavy atom. The van der Waals surface area contributed by atoms with Gasteiger partial charge in [-0.25, -0.2) is 4.52 Å². The Hall–Kier alpha value is -2.10. The summed E-state index contributed by atoms with van der Waals surface area (Å²) < 4.78 is 18.6. The van der Waals surface area contributed by atoms with E-state index in [1.54, 1.807) is 50.5 Å². The van der Waals surface area contributed by atoms with E-state index in [9.17, 15) is 5.11 Å². The molecule has 2 heterocycles. The highest BCUT2D eigenvalue weighted by Crippen LogP contribution is 2.45. The molecule has 9 heteroatoms. The molecule has 0 atom stereocenters. The van der Waals surface area contributed by atoms with Crippen molar-refractivity contribution in [2.45, 2.75) is 25.0 Å². The van der Waals surface area contributed by atoms with Crippen molar-refractivity contribution in [3.63, 3.8) is 0 Å². The summed E-state index contributed by atoms with van der Waals surface area (Å²) in [6.07, 6.45) is 5.87. The minimum absolute atomic E-state index is 0.190. The summed E-state index contributed by atoms with van der Waals surface area (Å²) in [5.74, 6) is 2.91. The fourth-order valence-electron chi connectivity index (χ4n) is 4.19. The molecule has 174 valence electrons. The van der Waals surface area contributed by atoms with Crippen LogP contribution in [-0.4, -0.2) is 62.0 Å². The second-order valence-electron chi connectivity index (χ2n) is 8.06. The number of methoxy groups -OCH3 is 3. The number of aromatic hydroxyl groups is 1. The summed E-state index contributed by atoms with van der Waals surface area (Å²) in [7, 11) is 5.01. The first-order valence-corrected chi connectivity index (χ1v) is 13.1. The predicted molar refractivity (Wildman–Crippen MR) is 132 cm³/mol. The number of benzene rings is 1. The van der Waals surface area contributed by atoms with Crippen LogP contribution in [0, 0.1) is 5.92 Å². The van der Waals surface area contributed by atoms with Crippen LogP contribution in [0.3, 0.4) is 0 Å². The molecule has 3 aromatic rings. The Bertz CT molecular complexity index is 1060. The highest BCUT2D eigenvalue weighted by Gasteiger charge is 2.28. The average molecular weight is 478 g/mol. The van der Waals surface area contributed by atoms with Gasteiger partial charge in [0.15, 0.2) is 0 Å². The van der Waals surface area contributed by atoms with Gasteiger partial charge in [0, 0.05) is 31.3 Å². The lowest BCUT2D eigenvalue weighted by atomic mass is 9.85. The zero-order chi connectivity index (χ0) is 22.7. The molecule has 0 saturated heterocycles. The number of thioether (sulfide) groups is 1. The fraction of sp³-hybridized carbons (Fsp3) is 0.522. The Balaban J connectivity index is 1.80. The number of phenols is 1. The molecule has 1 aliphatic carbocycles. The topological polar surface area (TPSA) is 68.5 Å². The number of rotatable bonds is 11. The molecule has 0 aliphatic heterocycles. The van der Waals surface area contributed by atoms with Gasteiger partial charge < -0.3 is 24.2 Å². The Morgan fingerprint density at radius 2 is 2.06 bits per heavy atom. The molecule has 2 aromatic heterocycles. The van der Waals surface area contributed by atoms with E-state index in [4.69, 9.17) is 19.3 Å². The molecular weight excluding hydrogens is 446 g/mol. The Labute approximate surface area is 197 Å². The summed E-state index contributed by atoms with van der Waals surface area (Å²) in [4.78, 5) is 3.33. The van der Waals surface area contributed by atoms with Gasteiger partial charge in [0.1, 0.15) is 22.0 Å². The second kappa shape index (κ2) is 10.2. The van der Waals surface area contributed by atoms with Crippen LogP contribution in [0.5, 0.6) is 17.4 Å². The van der Waals surface area contributed by atoms with Crippen LogP contribution in [0.1, 0.15) is 24.8 Å². The predicted octanol–water partition coefficient (Wildman–Crippen LogP) is 4.90. The summed E-state index contributed by atoms with van der Waals surface area (Å²) in [5.41, 5.74) is 3.44. The standard InChI is InChI=1S/C23H31N3O4S2/c1-28-9-8-25(12-15-6-5-7-15)21-22(30-3)24-26-17(14-32-23(21)26)20-18(27)10-16(13-31-4)11-19(20)29-2/h10-11,14-15,27H,5-9,12-13H2,1-4H3. The molecule has 0 spiro atoms.